The van der Waals surface area contributed by atoms with E-state index in [0.717, 1.165) is 12.8 Å². The van der Waals surface area contributed by atoms with Crippen molar-refractivity contribution in [1.82, 2.24) is 0 Å². The molecule has 1 atom stereocenters. The molecule has 0 aromatic heterocycles. The van der Waals surface area contributed by atoms with E-state index >= 15 is 0 Å². The quantitative estimate of drug-likeness (QED) is 0.612. The predicted octanol–water partition coefficient (Wildman–Crippen LogP) is 2.03. The molecule has 0 saturated heterocycles. The average molecular weight is 158 g/mol. The third-order valence-electron chi connectivity index (χ3n) is 1.72. The Balaban J connectivity index is 3.92. The molecule has 0 unspecified atom stereocenters. The molecule has 11 heavy (non-hydrogen) atoms. The fourth-order valence-electron chi connectivity index (χ4n) is 1.01. The summed E-state index contributed by atoms with van der Waals surface area (Å²) < 4.78 is 5.06. The highest BCUT2D eigenvalue weighted by Crippen LogP contribution is 2.08. The van der Waals surface area contributed by atoms with Crippen LogP contribution in [0, 0.1) is 5.92 Å². The monoisotopic (exact) mass is 158 g/mol. The summed E-state index contributed by atoms with van der Waals surface area (Å²) in [5, 5.41) is 0. The maximum Gasteiger partial charge on any atom is 0.164 e. The highest BCUT2D eigenvalue weighted by molar-refractivity contribution is 5.84. The largest absolute Gasteiger partial charge is 0.374 e. The third-order valence-corrected chi connectivity index (χ3v) is 1.72. The standard InChI is InChI=1S/C9H18O2/c1-5-6-8(11-4)9(10)7(2)3/h7-8H,5-6H2,1-4H3/t8-/m0/s1. The zero-order valence-corrected chi connectivity index (χ0v) is 7.89. The zero-order chi connectivity index (χ0) is 8.85. The van der Waals surface area contributed by atoms with Gasteiger partial charge in [-0.1, -0.05) is 27.2 Å². The first-order chi connectivity index (χ1) is 5.13. The Morgan fingerprint density at radius 3 is 2.27 bits per heavy atom. The van der Waals surface area contributed by atoms with Gasteiger partial charge in [0.15, 0.2) is 5.78 Å². The molecule has 0 radical (unpaired) electrons. The van der Waals surface area contributed by atoms with Crippen LogP contribution in [0.4, 0.5) is 0 Å². The lowest BCUT2D eigenvalue weighted by molar-refractivity contribution is -0.132. The van der Waals surface area contributed by atoms with E-state index in [-0.39, 0.29) is 17.8 Å². The minimum Gasteiger partial charge on any atom is -0.374 e. The van der Waals surface area contributed by atoms with Gasteiger partial charge in [-0.05, 0) is 6.42 Å². The average Bonchev–Trinajstić information content (AvgIpc) is 1.98. The second-order valence-electron chi connectivity index (χ2n) is 3.07. The van der Waals surface area contributed by atoms with Crippen molar-refractivity contribution >= 4 is 5.78 Å². The maximum absolute atomic E-state index is 11.3. The van der Waals surface area contributed by atoms with Gasteiger partial charge in [-0.2, -0.15) is 0 Å². The van der Waals surface area contributed by atoms with Gasteiger partial charge < -0.3 is 4.74 Å². The van der Waals surface area contributed by atoms with Crippen molar-refractivity contribution in [3.63, 3.8) is 0 Å². The molecular weight excluding hydrogens is 140 g/mol. The Hall–Kier alpha value is -0.370. The van der Waals surface area contributed by atoms with Crippen LogP contribution in [0.5, 0.6) is 0 Å². The molecule has 0 aromatic carbocycles. The first-order valence-corrected chi connectivity index (χ1v) is 4.20. The molecule has 0 saturated carbocycles. The molecule has 0 bridgehead atoms. The fourth-order valence-corrected chi connectivity index (χ4v) is 1.01. The van der Waals surface area contributed by atoms with E-state index in [0.29, 0.717) is 0 Å². The molecule has 0 aliphatic carbocycles. The molecule has 2 nitrogen and oxygen atoms in total. The van der Waals surface area contributed by atoms with Crippen molar-refractivity contribution in [3.05, 3.63) is 0 Å². The normalized spacial score (nSPS) is 13.5. The Kier molecular flexibility index (Phi) is 5.12. The lowest BCUT2D eigenvalue weighted by Gasteiger charge is -2.14. The molecule has 66 valence electrons. The highest BCUT2D eigenvalue weighted by atomic mass is 16.5. The number of hydrogen-bond donors (Lipinski definition) is 0. The van der Waals surface area contributed by atoms with Gasteiger partial charge in [0.2, 0.25) is 0 Å². The Bertz CT molecular complexity index is 119. The van der Waals surface area contributed by atoms with Gasteiger partial charge in [0.1, 0.15) is 6.10 Å². The summed E-state index contributed by atoms with van der Waals surface area (Å²) in [6, 6.07) is 0. The number of Topliss-reactive ketones (excluding diaryl/α,β-unsaturated/α-hetero) is 1. The van der Waals surface area contributed by atoms with E-state index in [9.17, 15) is 4.79 Å². The number of methoxy groups -OCH3 is 1. The van der Waals surface area contributed by atoms with Gasteiger partial charge in [-0.15, -0.1) is 0 Å². The highest BCUT2D eigenvalue weighted by Gasteiger charge is 2.18. The Morgan fingerprint density at radius 1 is 1.45 bits per heavy atom. The summed E-state index contributed by atoms with van der Waals surface area (Å²) in [6.45, 7) is 5.87. The fraction of sp³-hybridized carbons (Fsp3) is 0.889. The van der Waals surface area contributed by atoms with Crippen molar-refractivity contribution in [2.24, 2.45) is 5.92 Å². The lowest BCUT2D eigenvalue weighted by Crippen LogP contribution is -2.26. The van der Waals surface area contributed by atoms with Crippen LogP contribution in [-0.4, -0.2) is 19.0 Å². The third kappa shape index (κ3) is 3.51. The van der Waals surface area contributed by atoms with Crippen molar-refractivity contribution in [2.75, 3.05) is 7.11 Å². The predicted molar refractivity (Wildman–Crippen MR) is 45.6 cm³/mol. The van der Waals surface area contributed by atoms with Crippen LogP contribution in [0.2, 0.25) is 0 Å². The van der Waals surface area contributed by atoms with Crippen LogP contribution in [0.15, 0.2) is 0 Å². The zero-order valence-electron chi connectivity index (χ0n) is 7.89. The van der Waals surface area contributed by atoms with Gasteiger partial charge in [-0.3, -0.25) is 4.79 Å². The van der Waals surface area contributed by atoms with Crippen LogP contribution in [0.25, 0.3) is 0 Å². The van der Waals surface area contributed by atoms with Crippen molar-refractivity contribution in [3.8, 4) is 0 Å². The van der Waals surface area contributed by atoms with E-state index in [4.69, 9.17) is 4.74 Å². The molecule has 0 rings (SSSR count). The second-order valence-corrected chi connectivity index (χ2v) is 3.07. The molecule has 0 N–H and O–H groups in total. The minimum atomic E-state index is -0.181. The van der Waals surface area contributed by atoms with E-state index in [2.05, 4.69) is 6.92 Å². The Labute approximate surface area is 68.9 Å². The molecule has 2 heteroatoms. The summed E-state index contributed by atoms with van der Waals surface area (Å²) >= 11 is 0. The van der Waals surface area contributed by atoms with E-state index in [1.165, 1.54) is 0 Å². The van der Waals surface area contributed by atoms with Crippen molar-refractivity contribution < 1.29 is 9.53 Å². The molecular formula is C9H18O2. The molecule has 0 aliphatic rings. The van der Waals surface area contributed by atoms with Gasteiger partial charge in [0, 0.05) is 13.0 Å². The second kappa shape index (κ2) is 5.30. The van der Waals surface area contributed by atoms with Gasteiger partial charge in [-0.25, -0.2) is 0 Å². The first kappa shape index (κ1) is 10.6. The van der Waals surface area contributed by atoms with E-state index < -0.39 is 0 Å². The number of carbonyl (C=O) groups excluding carboxylic acids is 1. The smallest absolute Gasteiger partial charge is 0.164 e. The van der Waals surface area contributed by atoms with Crippen LogP contribution in [-0.2, 0) is 9.53 Å². The molecule has 0 spiro atoms. The minimum absolute atomic E-state index is 0.0894. The number of ether oxygens (including phenoxy) is 1. The molecule has 0 amide bonds. The first-order valence-electron chi connectivity index (χ1n) is 4.20. The number of ketones is 1. The number of hydrogen-bond acceptors (Lipinski definition) is 2. The Morgan fingerprint density at radius 2 is 2.00 bits per heavy atom. The van der Waals surface area contributed by atoms with Crippen molar-refractivity contribution in [1.29, 1.82) is 0 Å². The van der Waals surface area contributed by atoms with Crippen LogP contribution in [0.3, 0.4) is 0 Å². The van der Waals surface area contributed by atoms with Crippen molar-refractivity contribution in [2.45, 2.75) is 39.7 Å². The number of rotatable bonds is 5. The van der Waals surface area contributed by atoms with E-state index in [1.807, 2.05) is 13.8 Å². The summed E-state index contributed by atoms with van der Waals surface area (Å²) in [5.74, 6) is 0.306. The van der Waals surface area contributed by atoms with Gasteiger partial charge in [0.05, 0.1) is 0 Å². The summed E-state index contributed by atoms with van der Waals surface area (Å²) in [4.78, 5) is 11.3. The lowest BCUT2D eigenvalue weighted by atomic mass is 10.0. The van der Waals surface area contributed by atoms with Gasteiger partial charge in [0.25, 0.3) is 0 Å². The summed E-state index contributed by atoms with van der Waals surface area (Å²) in [7, 11) is 1.60. The summed E-state index contributed by atoms with van der Waals surface area (Å²) in [5.41, 5.74) is 0. The molecule has 0 aliphatic heterocycles. The van der Waals surface area contributed by atoms with Crippen LogP contribution >= 0.6 is 0 Å². The maximum atomic E-state index is 11.3. The summed E-state index contributed by atoms with van der Waals surface area (Å²) in [6.07, 6.45) is 1.66. The van der Waals surface area contributed by atoms with E-state index in [1.54, 1.807) is 7.11 Å². The van der Waals surface area contributed by atoms with Crippen LogP contribution in [0.1, 0.15) is 33.6 Å². The van der Waals surface area contributed by atoms with Crippen LogP contribution < -0.4 is 0 Å². The number of carbonyl (C=O) groups is 1. The molecule has 0 aromatic rings. The van der Waals surface area contributed by atoms with Gasteiger partial charge >= 0.3 is 0 Å². The molecule has 0 fully saturated rings. The molecule has 0 heterocycles. The topological polar surface area (TPSA) is 26.3 Å². The SMILES string of the molecule is CCC[C@H](OC)C(=O)C(C)C.